The molecule has 4 rings (SSSR count). The number of halogens is 3. The molecule has 3 aromatic rings. The Balaban J connectivity index is 1.58. The van der Waals surface area contributed by atoms with Crippen LogP contribution in [0.3, 0.4) is 0 Å². The van der Waals surface area contributed by atoms with Crippen LogP contribution in [0.5, 0.6) is 11.5 Å². The third kappa shape index (κ3) is 4.22. The minimum atomic E-state index is -4.43. The minimum absolute atomic E-state index is 0.154. The number of epoxide rings is 1. The van der Waals surface area contributed by atoms with Crippen LogP contribution >= 0.6 is 0 Å². The van der Waals surface area contributed by atoms with Crippen molar-refractivity contribution in [3.05, 3.63) is 77.5 Å². The first-order valence-electron chi connectivity index (χ1n) is 8.69. The zero-order valence-electron chi connectivity index (χ0n) is 14.9. The molecule has 5 nitrogen and oxygen atoms in total. The minimum Gasteiger partial charge on any atom is -0.457 e. The Bertz CT molecular complexity index is 1060. The number of carbonyl (C=O) groups excluding carboxylic acids is 1. The van der Waals surface area contributed by atoms with Gasteiger partial charge in [-0.3, -0.25) is 4.79 Å². The van der Waals surface area contributed by atoms with Gasteiger partial charge >= 0.3 is 6.18 Å². The Morgan fingerprint density at radius 3 is 2.45 bits per heavy atom. The highest BCUT2D eigenvalue weighted by molar-refractivity contribution is 5.91. The molecule has 1 atom stereocenters. The summed E-state index contributed by atoms with van der Waals surface area (Å²) in [6, 6.07) is 15.1. The summed E-state index contributed by atoms with van der Waals surface area (Å²) < 4.78 is 49.9. The van der Waals surface area contributed by atoms with Crippen LogP contribution in [0.4, 0.5) is 13.2 Å². The molecular weight excluding hydrogens is 385 g/mol. The number of carbonyl (C=O) groups is 1. The largest absolute Gasteiger partial charge is 0.457 e. The lowest BCUT2D eigenvalue weighted by Gasteiger charge is -2.13. The van der Waals surface area contributed by atoms with E-state index in [-0.39, 0.29) is 5.69 Å². The molecule has 1 unspecified atom stereocenters. The highest BCUT2D eigenvalue weighted by atomic mass is 19.4. The van der Waals surface area contributed by atoms with E-state index in [1.807, 2.05) is 0 Å². The Labute approximate surface area is 163 Å². The lowest BCUT2D eigenvalue weighted by molar-refractivity contribution is -0.137. The molecule has 29 heavy (non-hydrogen) atoms. The Kier molecular flexibility index (Phi) is 4.71. The summed E-state index contributed by atoms with van der Waals surface area (Å²) in [4.78, 5) is 15.5. The zero-order chi connectivity index (χ0) is 20.6. The number of hydrogen-bond acceptors (Lipinski definition) is 4. The summed E-state index contributed by atoms with van der Waals surface area (Å²) in [5.74, 6) is 0.132. The summed E-state index contributed by atoms with van der Waals surface area (Å²) in [6.07, 6.45) is -4.83. The fraction of sp³-hybridized carbons (Fsp3) is 0.143. The second kappa shape index (κ2) is 7.21. The Hall–Kier alpha value is -3.39. The fourth-order valence-electron chi connectivity index (χ4n) is 2.85. The molecule has 1 aliphatic rings. The number of ether oxygens (including phenoxy) is 2. The smallest absolute Gasteiger partial charge is 0.416 e. The number of nitrogens with two attached hydrogens (primary N) is 1. The number of rotatable bonds is 5. The van der Waals surface area contributed by atoms with E-state index < -0.39 is 23.8 Å². The summed E-state index contributed by atoms with van der Waals surface area (Å²) >= 11 is 0. The van der Waals surface area contributed by atoms with Gasteiger partial charge in [-0.2, -0.15) is 13.2 Å². The number of pyridine rings is 1. The van der Waals surface area contributed by atoms with E-state index in [9.17, 15) is 18.0 Å². The summed E-state index contributed by atoms with van der Waals surface area (Å²) in [7, 11) is 0. The van der Waals surface area contributed by atoms with Crippen molar-refractivity contribution in [2.75, 3.05) is 6.61 Å². The quantitative estimate of drug-likeness (QED) is 0.628. The second-order valence-corrected chi connectivity index (χ2v) is 6.47. The highest BCUT2D eigenvalue weighted by Crippen LogP contribution is 2.41. The fourth-order valence-corrected chi connectivity index (χ4v) is 2.85. The standard InChI is InChI=1S/C21H15F3N2O3/c22-21(23,24)13-6-9-18(15(10-13)19-11-28-19)29-14-7-4-12(5-8-14)16-2-1-3-17(26-16)20(25)27/h1-10,19H,11H2,(H2,25,27). The number of hydrogen-bond donors (Lipinski definition) is 1. The summed E-state index contributed by atoms with van der Waals surface area (Å²) in [5, 5.41) is 0. The van der Waals surface area contributed by atoms with Crippen molar-refractivity contribution in [1.29, 1.82) is 0 Å². The monoisotopic (exact) mass is 400 g/mol. The third-order valence-corrected chi connectivity index (χ3v) is 4.40. The van der Waals surface area contributed by atoms with Crippen LogP contribution < -0.4 is 10.5 Å². The van der Waals surface area contributed by atoms with E-state index in [4.69, 9.17) is 15.2 Å². The SMILES string of the molecule is NC(=O)c1cccc(-c2ccc(Oc3ccc(C(F)(F)F)cc3C3CO3)cc2)n1. The number of alkyl halides is 3. The maximum Gasteiger partial charge on any atom is 0.416 e. The lowest BCUT2D eigenvalue weighted by Crippen LogP contribution is -2.12. The molecule has 1 aliphatic heterocycles. The van der Waals surface area contributed by atoms with Crippen molar-refractivity contribution in [3.8, 4) is 22.8 Å². The van der Waals surface area contributed by atoms with E-state index in [0.717, 1.165) is 17.7 Å². The van der Waals surface area contributed by atoms with Gasteiger partial charge in [0.25, 0.3) is 5.91 Å². The molecule has 2 heterocycles. The average molecular weight is 400 g/mol. The molecule has 1 aromatic heterocycles. The molecule has 0 spiro atoms. The van der Waals surface area contributed by atoms with Crippen LogP contribution in [0.1, 0.15) is 27.7 Å². The van der Waals surface area contributed by atoms with Crippen LogP contribution in [-0.2, 0) is 10.9 Å². The van der Waals surface area contributed by atoms with Gasteiger partial charge in [0.1, 0.15) is 23.3 Å². The molecule has 148 valence electrons. The van der Waals surface area contributed by atoms with Gasteiger partial charge in [0.2, 0.25) is 0 Å². The number of benzene rings is 2. The van der Waals surface area contributed by atoms with E-state index in [1.54, 1.807) is 36.4 Å². The second-order valence-electron chi connectivity index (χ2n) is 6.47. The van der Waals surface area contributed by atoms with Gasteiger partial charge < -0.3 is 15.2 Å². The van der Waals surface area contributed by atoms with Crippen molar-refractivity contribution >= 4 is 5.91 Å². The molecule has 0 radical (unpaired) electrons. The van der Waals surface area contributed by atoms with E-state index in [1.165, 1.54) is 12.1 Å². The molecule has 0 saturated carbocycles. The van der Waals surface area contributed by atoms with Crippen molar-refractivity contribution in [2.24, 2.45) is 5.73 Å². The van der Waals surface area contributed by atoms with Crippen LogP contribution in [0.2, 0.25) is 0 Å². The Morgan fingerprint density at radius 1 is 1.10 bits per heavy atom. The molecule has 8 heteroatoms. The molecule has 0 aliphatic carbocycles. The van der Waals surface area contributed by atoms with Gasteiger partial charge in [0, 0.05) is 11.1 Å². The van der Waals surface area contributed by atoms with Gasteiger partial charge in [-0.1, -0.05) is 6.07 Å². The maximum absolute atomic E-state index is 13.0. The van der Waals surface area contributed by atoms with Gasteiger partial charge in [0.15, 0.2) is 0 Å². The zero-order valence-corrected chi connectivity index (χ0v) is 14.9. The first-order chi connectivity index (χ1) is 13.8. The van der Waals surface area contributed by atoms with Crippen molar-refractivity contribution < 1.29 is 27.4 Å². The van der Waals surface area contributed by atoms with E-state index in [0.29, 0.717) is 29.4 Å². The summed E-state index contributed by atoms with van der Waals surface area (Å²) in [5.41, 5.74) is 6.32. The van der Waals surface area contributed by atoms with Crippen LogP contribution in [0.25, 0.3) is 11.3 Å². The van der Waals surface area contributed by atoms with Gasteiger partial charge in [-0.15, -0.1) is 0 Å². The lowest BCUT2D eigenvalue weighted by atomic mass is 10.1. The Morgan fingerprint density at radius 2 is 1.83 bits per heavy atom. The van der Waals surface area contributed by atoms with E-state index >= 15 is 0 Å². The predicted octanol–water partition coefficient (Wildman–Crippen LogP) is 4.73. The van der Waals surface area contributed by atoms with Crippen molar-refractivity contribution in [1.82, 2.24) is 4.98 Å². The highest BCUT2D eigenvalue weighted by Gasteiger charge is 2.35. The van der Waals surface area contributed by atoms with Crippen LogP contribution in [-0.4, -0.2) is 17.5 Å². The predicted molar refractivity (Wildman–Crippen MR) is 98.4 cm³/mol. The normalized spacial score (nSPS) is 15.8. The van der Waals surface area contributed by atoms with E-state index in [2.05, 4.69) is 4.98 Å². The topological polar surface area (TPSA) is 77.7 Å². The van der Waals surface area contributed by atoms with Gasteiger partial charge in [-0.25, -0.2) is 4.98 Å². The number of primary amides is 1. The molecular formula is C21H15F3N2O3. The number of aromatic nitrogens is 1. The summed E-state index contributed by atoms with van der Waals surface area (Å²) in [6.45, 7) is 0.360. The van der Waals surface area contributed by atoms with Crippen molar-refractivity contribution in [2.45, 2.75) is 12.3 Å². The van der Waals surface area contributed by atoms with Gasteiger partial charge in [-0.05, 0) is 54.6 Å². The molecule has 2 aromatic carbocycles. The molecule has 1 saturated heterocycles. The average Bonchev–Trinajstić information content (AvgIpc) is 3.53. The van der Waals surface area contributed by atoms with Crippen LogP contribution in [0.15, 0.2) is 60.7 Å². The molecule has 2 N–H and O–H groups in total. The van der Waals surface area contributed by atoms with Gasteiger partial charge in [0.05, 0.1) is 17.9 Å². The number of nitrogens with zero attached hydrogens (tertiary/aromatic N) is 1. The molecule has 1 amide bonds. The molecule has 1 fully saturated rings. The van der Waals surface area contributed by atoms with Crippen LogP contribution in [0, 0.1) is 0 Å². The maximum atomic E-state index is 13.0. The first-order valence-corrected chi connectivity index (χ1v) is 8.69. The third-order valence-electron chi connectivity index (χ3n) is 4.40. The number of amides is 1. The van der Waals surface area contributed by atoms with Crippen molar-refractivity contribution in [3.63, 3.8) is 0 Å². The molecule has 0 bridgehead atoms. The first kappa shape index (κ1) is 18.9.